The lowest BCUT2D eigenvalue weighted by atomic mass is 10.1. The first-order valence-electron chi connectivity index (χ1n) is 7.36. The second-order valence-electron chi connectivity index (χ2n) is 5.35. The smallest absolute Gasteiger partial charge is 0.418 e. The molecule has 0 aromatic heterocycles. The molecule has 7 heteroatoms. The summed E-state index contributed by atoms with van der Waals surface area (Å²) in [4.78, 5) is 12.3. The fourth-order valence-electron chi connectivity index (χ4n) is 2.49. The van der Waals surface area contributed by atoms with Crippen LogP contribution in [0.2, 0.25) is 0 Å². The molecule has 23 heavy (non-hydrogen) atoms. The van der Waals surface area contributed by atoms with Crippen LogP contribution in [-0.4, -0.2) is 30.3 Å². The summed E-state index contributed by atoms with van der Waals surface area (Å²) in [5, 5.41) is 2.37. The largest absolute Gasteiger partial charge is 0.673 e. The molecule has 2 aromatic rings. The molecule has 0 unspecified atom stereocenters. The number of benzene rings is 2. The minimum absolute atomic E-state index is 0.325. The molecule has 1 aliphatic heterocycles. The Bertz CT molecular complexity index is 662. The molecule has 2 aromatic carbocycles. The van der Waals surface area contributed by atoms with Gasteiger partial charge >= 0.3 is 7.25 Å². The Morgan fingerprint density at radius 3 is 2.13 bits per heavy atom. The third-order valence-corrected chi connectivity index (χ3v) is 5.93. The molecule has 1 aliphatic rings. The third kappa shape index (κ3) is 6.25. The van der Waals surface area contributed by atoms with Gasteiger partial charge in [0.05, 0.1) is 0 Å². The van der Waals surface area contributed by atoms with Gasteiger partial charge in [-0.1, -0.05) is 36.4 Å². The van der Waals surface area contributed by atoms with Crippen molar-refractivity contribution in [1.29, 1.82) is 0 Å². The van der Waals surface area contributed by atoms with E-state index in [1.807, 2.05) is 24.3 Å². The number of carbonyl (C=O) groups excluding carboxylic acids is 1. The van der Waals surface area contributed by atoms with Crippen molar-refractivity contribution in [3.63, 3.8) is 0 Å². The average Bonchev–Trinajstić information content (AvgIpc) is 2.98. The Morgan fingerprint density at radius 2 is 1.52 bits per heavy atom. The summed E-state index contributed by atoms with van der Waals surface area (Å²) in [6.45, 7) is 0. The molecule has 1 fully saturated rings. The van der Waals surface area contributed by atoms with Gasteiger partial charge in [0.1, 0.15) is 11.5 Å². The van der Waals surface area contributed by atoms with Crippen LogP contribution in [0.1, 0.15) is 23.2 Å². The molecule has 0 spiro atoms. The number of Topliss-reactive ketones (excluding diaryl/α,β-unsaturated/α-hetero) is 1. The number of fused-ring (bicyclic) bond motifs is 1. The minimum atomic E-state index is -6.00. The van der Waals surface area contributed by atoms with Crippen molar-refractivity contribution in [2.24, 2.45) is 0 Å². The molecule has 0 bridgehead atoms. The average molecular weight is 344 g/mol. The summed E-state index contributed by atoms with van der Waals surface area (Å²) in [7, 11) is -5.64. The lowest BCUT2D eigenvalue weighted by Crippen LogP contribution is -2.17. The van der Waals surface area contributed by atoms with Crippen LogP contribution >= 0.6 is 0 Å². The fraction of sp³-hybridized carbons (Fsp3) is 0.312. The van der Waals surface area contributed by atoms with E-state index in [1.165, 1.54) is 29.7 Å². The van der Waals surface area contributed by atoms with E-state index in [1.54, 1.807) is 0 Å². The van der Waals surface area contributed by atoms with E-state index in [4.69, 9.17) is 0 Å². The molecule has 1 saturated heterocycles. The fourth-order valence-corrected chi connectivity index (χ4v) is 4.75. The highest BCUT2D eigenvalue weighted by Gasteiger charge is 2.27. The van der Waals surface area contributed by atoms with Crippen molar-refractivity contribution in [2.75, 3.05) is 17.3 Å². The normalized spacial score (nSPS) is 15.3. The number of hydrogen-bond acceptors (Lipinski definition) is 1. The van der Waals surface area contributed by atoms with Gasteiger partial charge in [-0.15, -0.1) is 0 Å². The maximum Gasteiger partial charge on any atom is 0.673 e. The summed E-state index contributed by atoms with van der Waals surface area (Å²) in [6, 6.07) is 14.3. The highest BCUT2D eigenvalue weighted by Crippen LogP contribution is 2.19. The summed E-state index contributed by atoms with van der Waals surface area (Å²) in [5.41, 5.74) is 0.883. The Morgan fingerprint density at radius 1 is 0.957 bits per heavy atom. The Labute approximate surface area is 135 Å². The molecule has 0 atom stereocenters. The quantitative estimate of drug-likeness (QED) is 0.340. The molecule has 3 rings (SSSR count). The van der Waals surface area contributed by atoms with Crippen LogP contribution in [0, 0.1) is 0 Å². The van der Waals surface area contributed by atoms with Crippen molar-refractivity contribution in [2.45, 2.75) is 12.8 Å². The molecular weight excluding hydrogens is 327 g/mol. The Balaban J connectivity index is 0.000000338. The predicted octanol–water partition coefficient (Wildman–Crippen LogP) is 4.73. The number of ketones is 1. The number of carbonyl (C=O) groups is 1. The van der Waals surface area contributed by atoms with E-state index < -0.39 is 7.25 Å². The first-order chi connectivity index (χ1) is 10.8. The van der Waals surface area contributed by atoms with Crippen molar-refractivity contribution in [1.82, 2.24) is 0 Å². The van der Waals surface area contributed by atoms with Crippen LogP contribution in [0.3, 0.4) is 0 Å². The van der Waals surface area contributed by atoms with Crippen LogP contribution in [-0.2, 0) is 10.9 Å². The SMILES string of the molecule is F[B-](F)(F)F.O=C(C[S+]1CCCC1)c1ccc2ccccc2c1. The van der Waals surface area contributed by atoms with Crippen LogP contribution in [0.15, 0.2) is 42.5 Å². The van der Waals surface area contributed by atoms with Crippen LogP contribution < -0.4 is 0 Å². The standard InChI is InChI=1S/C16H17OS.BF4/c17-16(12-18-9-3-4-10-18)15-8-7-13-5-1-2-6-14(13)11-15;2-1(3,4)5/h1-2,5-8,11H,3-4,9-10,12H2;/q+1;-1. The van der Waals surface area contributed by atoms with E-state index in [9.17, 15) is 22.1 Å². The van der Waals surface area contributed by atoms with Crippen molar-refractivity contribution in [3.05, 3.63) is 48.0 Å². The van der Waals surface area contributed by atoms with Crippen LogP contribution in [0.5, 0.6) is 0 Å². The molecule has 0 saturated carbocycles. The topological polar surface area (TPSA) is 17.1 Å². The minimum Gasteiger partial charge on any atom is -0.418 e. The van der Waals surface area contributed by atoms with Gasteiger partial charge in [-0.05, 0) is 40.6 Å². The molecule has 124 valence electrons. The first-order valence-corrected chi connectivity index (χ1v) is 9.09. The van der Waals surface area contributed by atoms with Crippen LogP contribution in [0.25, 0.3) is 10.8 Å². The molecule has 1 heterocycles. The maximum atomic E-state index is 12.3. The van der Waals surface area contributed by atoms with Gasteiger partial charge in [-0.2, -0.15) is 0 Å². The number of halogens is 4. The van der Waals surface area contributed by atoms with E-state index in [0.29, 0.717) is 16.7 Å². The van der Waals surface area contributed by atoms with Gasteiger partial charge in [-0.3, -0.25) is 4.79 Å². The zero-order valence-corrected chi connectivity index (χ0v) is 13.3. The van der Waals surface area contributed by atoms with E-state index in [2.05, 4.69) is 18.2 Å². The maximum absolute atomic E-state index is 12.3. The molecule has 0 aliphatic carbocycles. The van der Waals surface area contributed by atoms with Gasteiger partial charge in [-0.25, -0.2) is 0 Å². The summed E-state index contributed by atoms with van der Waals surface area (Å²) < 4.78 is 39.0. The van der Waals surface area contributed by atoms with Crippen LogP contribution in [0.4, 0.5) is 17.3 Å². The molecule has 1 nitrogen and oxygen atoms in total. The molecule has 0 radical (unpaired) electrons. The van der Waals surface area contributed by atoms with E-state index in [0.717, 1.165) is 16.7 Å². The summed E-state index contributed by atoms with van der Waals surface area (Å²) in [6.07, 6.45) is 2.63. The molecular formula is C16H17BF4OS. The number of hydrogen-bond donors (Lipinski definition) is 0. The van der Waals surface area contributed by atoms with E-state index >= 15 is 0 Å². The monoisotopic (exact) mass is 344 g/mol. The third-order valence-electron chi connectivity index (χ3n) is 3.52. The van der Waals surface area contributed by atoms with Gasteiger partial charge in [0.25, 0.3) is 0 Å². The lowest BCUT2D eigenvalue weighted by molar-refractivity contribution is 0.102. The van der Waals surface area contributed by atoms with Gasteiger partial charge < -0.3 is 17.3 Å². The molecule has 0 amide bonds. The zero-order chi connectivity index (χ0) is 16.9. The van der Waals surface area contributed by atoms with Crippen molar-refractivity contribution < 1.29 is 22.1 Å². The highest BCUT2D eigenvalue weighted by atomic mass is 32.2. The summed E-state index contributed by atoms with van der Waals surface area (Å²) in [5.74, 6) is 3.61. The van der Waals surface area contributed by atoms with Crippen molar-refractivity contribution >= 4 is 34.7 Å². The predicted molar refractivity (Wildman–Crippen MR) is 89.7 cm³/mol. The first kappa shape index (κ1) is 17.9. The Kier molecular flexibility index (Phi) is 6.10. The van der Waals surface area contributed by atoms with E-state index in [-0.39, 0.29) is 0 Å². The second kappa shape index (κ2) is 7.86. The lowest BCUT2D eigenvalue weighted by Gasteiger charge is -2.03. The number of rotatable bonds is 3. The highest BCUT2D eigenvalue weighted by molar-refractivity contribution is 7.97. The Hall–Kier alpha value is -1.50. The molecule has 0 N–H and O–H groups in total. The van der Waals surface area contributed by atoms with Gasteiger partial charge in [0, 0.05) is 5.56 Å². The van der Waals surface area contributed by atoms with Gasteiger partial charge in [0.15, 0.2) is 5.75 Å². The second-order valence-corrected chi connectivity index (χ2v) is 7.68. The summed E-state index contributed by atoms with van der Waals surface area (Å²) >= 11 is 0. The van der Waals surface area contributed by atoms with Gasteiger partial charge in [0.2, 0.25) is 5.78 Å². The zero-order valence-electron chi connectivity index (χ0n) is 12.5. The van der Waals surface area contributed by atoms with Crippen molar-refractivity contribution in [3.8, 4) is 0 Å².